The van der Waals surface area contributed by atoms with Gasteiger partial charge in [0.2, 0.25) is 0 Å². The van der Waals surface area contributed by atoms with Crippen LogP contribution < -0.4 is 5.32 Å². The molecule has 0 radical (unpaired) electrons. The van der Waals surface area contributed by atoms with E-state index in [2.05, 4.69) is 9.71 Å². The van der Waals surface area contributed by atoms with Gasteiger partial charge in [0.1, 0.15) is 16.7 Å². The van der Waals surface area contributed by atoms with E-state index in [9.17, 15) is 26.7 Å². The summed E-state index contributed by atoms with van der Waals surface area (Å²) in [4.78, 5) is 1.58. The smallest absolute Gasteiger partial charge is 0.301 e. The van der Waals surface area contributed by atoms with Gasteiger partial charge in [0.05, 0.1) is 12.6 Å². The highest BCUT2D eigenvalue weighted by molar-refractivity contribution is 7.90. The van der Waals surface area contributed by atoms with Crippen LogP contribution in [0.5, 0.6) is 0 Å². The lowest BCUT2D eigenvalue weighted by Gasteiger charge is -2.38. The van der Waals surface area contributed by atoms with Gasteiger partial charge in [-0.2, -0.15) is 0 Å². The molecular weight excluding hydrogens is 507 g/mol. The lowest BCUT2D eigenvalue weighted by atomic mass is 9.96. The fourth-order valence-electron chi connectivity index (χ4n) is 4.56. The van der Waals surface area contributed by atoms with Crippen molar-refractivity contribution in [2.24, 2.45) is 4.40 Å². The SMILES string of the molecule is CN(CCCc1ccc(C2C(C)(C)OC(N[C@@H](CCO)c3ccccc3F)=NS2(=O)=O)cc1)CC(F)F. The van der Waals surface area contributed by atoms with E-state index in [1.807, 2.05) is 12.1 Å². The highest BCUT2D eigenvalue weighted by Gasteiger charge is 2.47. The second kappa shape index (κ2) is 12.3. The lowest BCUT2D eigenvalue weighted by molar-refractivity contribution is 0.0759. The Labute approximate surface area is 216 Å². The molecule has 0 aliphatic carbocycles. The van der Waals surface area contributed by atoms with Crippen molar-refractivity contribution in [3.05, 3.63) is 71.0 Å². The Balaban J connectivity index is 1.75. The number of aliphatic hydroxyl groups is 1. The Morgan fingerprint density at radius 1 is 1.16 bits per heavy atom. The Hall–Kier alpha value is -2.63. The molecule has 3 rings (SSSR count). The number of nitrogens with one attached hydrogen (secondary N) is 1. The van der Waals surface area contributed by atoms with Gasteiger partial charge in [-0.25, -0.2) is 21.6 Å². The van der Waals surface area contributed by atoms with Crippen molar-refractivity contribution in [2.45, 2.75) is 56.4 Å². The summed E-state index contributed by atoms with van der Waals surface area (Å²) in [6.07, 6.45) is -0.896. The van der Waals surface area contributed by atoms with Gasteiger partial charge in [-0.3, -0.25) is 0 Å². The fraction of sp³-hybridized carbons (Fsp3) is 0.500. The Kier molecular flexibility index (Phi) is 9.60. The minimum Gasteiger partial charge on any atom is -0.457 e. The summed E-state index contributed by atoms with van der Waals surface area (Å²) < 4.78 is 75.6. The topological polar surface area (TPSA) is 91.2 Å². The van der Waals surface area contributed by atoms with Crippen molar-refractivity contribution in [1.29, 1.82) is 0 Å². The van der Waals surface area contributed by atoms with Gasteiger partial charge in [-0.1, -0.05) is 42.5 Å². The molecule has 11 heteroatoms. The molecule has 0 saturated carbocycles. The molecule has 0 amide bonds. The normalized spacial score (nSPS) is 19.4. The summed E-state index contributed by atoms with van der Waals surface area (Å²) in [5.41, 5.74) is 0.522. The monoisotopic (exact) mass is 541 g/mol. The van der Waals surface area contributed by atoms with Crippen molar-refractivity contribution in [3.63, 3.8) is 0 Å². The zero-order valence-corrected chi connectivity index (χ0v) is 22.0. The third-order valence-electron chi connectivity index (χ3n) is 6.23. The van der Waals surface area contributed by atoms with Crippen LogP contribution in [0.1, 0.15) is 54.7 Å². The van der Waals surface area contributed by atoms with Gasteiger partial charge in [-0.05, 0) is 63.9 Å². The number of aliphatic hydroxyl groups excluding tert-OH is 1. The third-order valence-corrected chi connectivity index (χ3v) is 8.09. The fourth-order valence-corrected chi connectivity index (χ4v) is 6.25. The lowest BCUT2D eigenvalue weighted by Crippen LogP contribution is -2.47. The molecule has 0 spiro atoms. The number of ether oxygens (including phenoxy) is 1. The molecule has 0 aromatic heterocycles. The maximum absolute atomic E-state index is 14.4. The van der Waals surface area contributed by atoms with Gasteiger partial charge in [0.25, 0.3) is 16.4 Å². The average Bonchev–Trinajstić information content (AvgIpc) is 2.78. The number of aryl methyl sites for hydroxylation is 1. The van der Waals surface area contributed by atoms with Crippen molar-refractivity contribution in [1.82, 2.24) is 10.2 Å². The maximum atomic E-state index is 14.4. The molecule has 37 heavy (non-hydrogen) atoms. The number of sulfonamides is 1. The van der Waals surface area contributed by atoms with Crippen LogP contribution in [0.15, 0.2) is 52.9 Å². The standard InChI is InChI=1S/C26H34F3N3O4S/c1-26(2)24(19-12-10-18(11-13-19)7-6-15-32(3)17-23(28)29)37(34,35)31-25(36-26)30-22(14-16-33)20-8-4-5-9-21(20)27/h4-5,8-13,22-24,33H,6-7,14-17H2,1-3H3,(H,30,31)/t22-,24?/m0/s1. The number of alkyl halides is 2. The second-order valence-electron chi connectivity index (χ2n) is 9.73. The van der Waals surface area contributed by atoms with Crippen LogP contribution >= 0.6 is 0 Å². The van der Waals surface area contributed by atoms with Crippen LogP contribution in [0.25, 0.3) is 0 Å². The molecule has 2 atom stereocenters. The Bertz CT molecular complexity index is 1170. The first kappa shape index (κ1) is 28.9. The molecule has 0 saturated heterocycles. The largest absolute Gasteiger partial charge is 0.457 e. The highest BCUT2D eigenvalue weighted by Crippen LogP contribution is 2.40. The number of benzene rings is 2. The summed E-state index contributed by atoms with van der Waals surface area (Å²) in [5.74, 6) is -0.495. The first-order valence-corrected chi connectivity index (χ1v) is 13.6. The molecule has 0 bridgehead atoms. The molecule has 1 aliphatic rings. The van der Waals surface area contributed by atoms with Crippen LogP contribution in [0, 0.1) is 5.82 Å². The molecule has 2 aromatic carbocycles. The van der Waals surface area contributed by atoms with E-state index in [1.165, 1.54) is 6.07 Å². The van der Waals surface area contributed by atoms with Crippen LogP contribution in [0.3, 0.4) is 0 Å². The second-order valence-corrected chi connectivity index (χ2v) is 11.4. The predicted octanol–water partition coefficient (Wildman–Crippen LogP) is 4.20. The number of amidine groups is 1. The molecule has 2 aromatic rings. The molecule has 1 aliphatic heterocycles. The molecule has 204 valence electrons. The van der Waals surface area contributed by atoms with E-state index in [0.717, 1.165) is 5.56 Å². The molecule has 0 fully saturated rings. The van der Waals surface area contributed by atoms with Crippen molar-refractivity contribution >= 4 is 16.0 Å². The Morgan fingerprint density at radius 3 is 2.43 bits per heavy atom. The van der Waals surface area contributed by atoms with E-state index in [0.29, 0.717) is 24.9 Å². The van der Waals surface area contributed by atoms with Crippen molar-refractivity contribution < 1.29 is 31.4 Å². The summed E-state index contributed by atoms with van der Waals surface area (Å²) in [6, 6.07) is 12.1. The molecule has 2 N–H and O–H groups in total. The zero-order chi connectivity index (χ0) is 27.2. The number of hydrogen-bond acceptors (Lipinski definition) is 6. The number of halogens is 3. The zero-order valence-electron chi connectivity index (χ0n) is 21.2. The van der Waals surface area contributed by atoms with E-state index >= 15 is 0 Å². The average molecular weight is 542 g/mol. The van der Waals surface area contributed by atoms with E-state index in [4.69, 9.17) is 4.74 Å². The molecule has 1 heterocycles. The maximum Gasteiger partial charge on any atom is 0.301 e. The number of nitrogens with zero attached hydrogens (tertiary/aromatic N) is 2. The van der Waals surface area contributed by atoms with Gasteiger partial charge in [0.15, 0.2) is 0 Å². The molecule has 7 nitrogen and oxygen atoms in total. The summed E-state index contributed by atoms with van der Waals surface area (Å²) in [5, 5.41) is 11.2. The van der Waals surface area contributed by atoms with Crippen LogP contribution in [-0.4, -0.2) is 63.2 Å². The highest BCUT2D eigenvalue weighted by atomic mass is 32.2. The summed E-state index contributed by atoms with van der Waals surface area (Å²) in [7, 11) is -2.42. The summed E-state index contributed by atoms with van der Waals surface area (Å²) in [6.45, 7) is 3.28. The minimum absolute atomic E-state index is 0.118. The number of rotatable bonds is 11. The summed E-state index contributed by atoms with van der Waals surface area (Å²) >= 11 is 0. The van der Waals surface area contributed by atoms with Crippen LogP contribution in [0.2, 0.25) is 0 Å². The van der Waals surface area contributed by atoms with E-state index in [1.54, 1.807) is 56.1 Å². The van der Waals surface area contributed by atoms with Crippen molar-refractivity contribution in [2.75, 3.05) is 26.7 Å². The predicted molar refractivity (Wildman–Crippen MR) is 137 cm³/mol. The quantitative estimate of drug-likeness (QED) is 0.443. The van der Waals surface area contributed by atoms with E-state index in [-0.39, 0.29) is 31.2 Å². The number of hydrogen-bond donors (Lipinski definition) is 2. The van der Waals surface area contributed by atoms with Crippen LogP contribution in [0.4, 0.5) is 13.2 Å². The van der Waals surface area contributed by atoms with Crippen LogP contribution in [-0.2, 0) is 21.2 Å². The third kappa shape index (κ3) is 7.68. The minimum atomic E-state index is -4.07. The molecular formula is C26H34F3N3O4S. The Morgan fingerprint density at radius 2 is 1.84 bits per heavy atom. The first-order valence-electron chi connectivity index (χ1n) is 12.1. The van der Waals surface area contributed by atoms with E-state index < -0.39 is 39.2 Å². The van der Waals surface area contributed by atoms with Gasteiger partial charge < -0.3 is 20.1 Å². The van der Waals surface area contributed by atoms with Crippen molar-refractivity contribution in [3.8, 4) is 0 Å². The first-order chi connectivity index (χ1) is 17.4. The van der Waals surface area contributed by atoms with Gasteiger partial charge in [0, 0.05) is 12.2 Å². The molecule has 1 unspecified atom stereocenters. The van der Waals surface area contributed by atoms with Gasteiger partial charge in [-0.15, -0.1) is 4.40 Å². The van der Waals surface area contributed by atoms with Gasteiger partial charge >= 0.3 is 6.02 Å².